The number of anilines is 1. The summed E-state index contributed by atoms with van der Waals surface area (Å²) >= 11 is 1.74. The highest BCUT2D eigenvalue weighted by molar-refractivity contribution is 7.15. The number of hydrazine groups is 1. The Morgan fingerprint density at radius 3 is 2.56 bits per heavy atom. The predicted molar refractivity (Wildman–Crippen MR) is 76.6 cm³/mol. The fourth-order valence-electron chi connectivity index (χ4n) is 1.85. The van der Waals surface area contributed by atoms with Crippen molar-refractivity contribution in [1.29, 1.82) is 0 Å². The van der Waals surface area contributed by atoms with Crippen LogP contribution >= 0.6 is 11.3 Å². The maximum absolute atomic E-state index is 5.52. The number of hydrogen-bond donors (Lipinski definition) is 2. The number of aromatic nitrogens is 2. The van der Waals surface area contributed by atoms with Crippen molar-refractivity contribution in [2.45, 2.75) is 33.6 Å². The van der Waals surface area contributed by atoms with E-state index in [4.69, 9.17) is 5.84 Å². The molecule has 2 aromatic rings. The van der Waals surface area contributed by atoms with E-state index >= 15 is 0 Å². The monoisotopic (exact) mass is 262 g/mol. The zero-order valence-electron chi connectivity index (χ0n) is 10.9. The lowest BCUT2D eigenvalue weighted by Crippen LogP contribution is -2.13. The maximum atomic E-state index is 5.52. The molecule has 0 aliphatic rings. The summed E-state index contributed by atoms with van der Waals surface area (Å²) in [5, 5.41) is 0. The summed E-state index contributed by atoms with van der Waals surface area (Å²) in [5.41, 5.74) is 4.72. The van der Waals surface area contributed by atoms with E-state index in [-0.39, 0.29) is 0 Å². The lowest BCUT2D eigenvalue weighted by Gasteiger charge is -2.09. The molecule has 0 atom stereocenters. The normalized spacial score (nSPS) is 10.7. The van der Waals surface area contributed by atoms with Gasteiger partial charge >= 0.3 is 0 Å². The highest BCUT2D eigenvalue weighted by Crippen LogP contribution is 2.28. The molecule has 2 rings (SSSR count). The number of rotatable bonds is 4. The van der Waals surface area contributed by atoms with E-state index in [1.165, 1.54) is 4.88 Å². The van der Waals surface area contributed by atoms with E-state index < -0.39 is 0 Å². The van der Waals surface area contributed by atoms with Crippen LogP contribution in [0, 0.1) is 6.92 Å². The van der Waals surface area contributed by atoms with Gasteiger partial charge in [0.15, 0.2) is 5.82 Å². The molecule has 0 bridgehead atoms. The molecule has 0 amide bonds. The van der Waals surface area contributed by atoms with Crippen molar-refractivity contribution in [1.82, 2.24) is 9.97 Å². The SMILES string of the molecule is CCc1ccc(-c2nc(CC)c(C)c(NN)n2)s1. The first-order valence-corrected chi connectivity index (χ1v) is 6.94. The Kier molecular flexibility index (Phi) is 3.93. The second-order valence-corrected chi connectivity index (χ2v) is 5.25. The Morgan fingerprint density at radius 1 is 1.22 bits per heavy atom. The number of hydrogen-bond acceptors (Lipinski definition) is 5. The lowest BCUT2D eigenvalue weighted by atomic mass is 10.2. The van der Waals surface area contributed by atoms with Gasteiger partial charge in [0, 0.05) is 16.1 Å². The molecule has 2 aromatic heterocycles. The van der Waals surface area contributed by atoms with E-state index in [2.05, 4.69) is 41.4 Å². The number of nitrogens with zero attached hydrogens (tertiary/aromatic N) is 2. The molecule has 18 heavy (non-hydrogen) atoms. The number of nitrogen functional groups attached to an aromatic ring is 1. The summed E-state index contributed by atoms with van der Waals surface area (Å²) in [4.78, 5) is 11.5. The smallest absolute Gasteiger partial charge is 0.171 e. The van der Waals surface area contributed by atoms with Crippen LogP contribution in [-0.2, 0) is 12.8 Å². The first kappa shape index (κ1) is 13.0. The highest BCUT2D eigenvalue weighted by Gasteiger charge is 2.11. The fraction of sp³-hybridized carbons (Fsp3) is 0.385. The molecule has 5 heteroatoms. The Bertz CT molecular complexity index is 523. The van der Waals surface area contributed by atoms with Gasteiger partial charge in [-0.05, 0) is 31.9 Å². The molecule has 96 valence electrons. The van der Waals surface area contributed by atoms with Crippen LogP contribution in [0.25, 0.3) is 10.7 Å². The van der Waals surface area contributed by atoms with Crippen molar-refractivity contribution >= 4 is 17.2 Å². The van der Waals surface area contributed by atoms with Crippen LogP contribution in [0.3, 0.4) is 0 Å². The third-order valence-corrected chi connectivity index (χ3v) is 4.17. The molecule has 0 aromatic carbocycles. The van der Waals surface area contributed by atoms with Crippen molar-refractivity contribution in [2.75, 3.05) is 5.43 Å². The lowest BCUT2D eigenvalue weighted by molar-refractivity contribution is 0.975. The van der Waals surface area contributed by atoms with Crippen molar-refractivity contribution in [3.8, 4) is 10.7 Å². The maximum Gasteiger partial charge on any atom is 0.171 e. The zero-order chi connectivity index (χ0) is 13.1. The van der Waals surface area contributed by atoms with E-state index in [1.807, 2.05) is 6.92 Å². The van der Waals surface area contributed by atoms with Gasteiger partial charge in [-0.1, -0.05) is 13.8 Å². The second-order valence-electron chi connectivity index (χ2n) is 4.08. The van der Waals surface area contributed by atoms with Gasteiger partial charge in [-0.15, -0.1) is 11.3 Å². The zero-order valence-corrected chi connectivity index (χ0v) is 11.8. The molecule has 4 nitrogen and oxygen atoms in total. The summed E-state index contributed by atoms with van der Waals surface area (Å²) in [6.45, 7) is 6.23. The summed E-state index contributed by atoms with van der Waals surface area (Å²) in [7, 11) is 0. The van der Waals surface area contributed by atoms with Gasteiger partial charge in [0.25, 0.3) is 0 Å². The molecule has 0 fully saturated rings. The Morgan fingerprint density at radius 2 is 2.00 bits per heavy atom. The molecule has 0 aliphatic carbocycles. The first-order valence-electron chi connectivity index (χ1n) is 6.12. The van der Waals surface area contributed by atoms with E-state index in [9.17, 15) is 0 Å². The average molecular weight is 262 g/mol. The van der Waals surface area contributed by atoms with Gasteiger partial charge in [0.05, 0.1) is 4.88 Å². The van der Waals surface area contributed by atoms with Crippen LogP contribution in [-0.4, -0.2) is 9.97 Å². The van der Waals surface area contributed by atoms with Crippen molar-refractivity contribution in [3.05, 3.63) is 28.3 Å². The summed E-state index contributed by atoms with van der Waals surface area (Å²) in [6.07, 6.45) is 1.92. The van der Waals surface area contributed by atoms with E-state index in [0.29, 0.717) is 5.82 Å². The molecule has 0 unspecified atom stereocenters. The standard InChI is InChI=1S/C13H18N4S/c1-4-9-6-7-11(18-9)13-15-10(5-2)8(3)12(16-13)17-14/h6-7H,4-5,14H2,1-3H3,(H,15,16,17). The van der Waals surface area contributed by atoms with E-state index in [1.54, 1.807) is 11.3 Å². The van der Waals surface area contributed by atoms with Crippen LogP contribution in [0.5, 0.6) is 0 Å². The van der Waals surface area contributed by atoms with Gasteiger partial charge < -0.3 is 5.43 Å². The third kappa shape index (κ3) is 2.37. The Hall–Kier alpha value is -1.46. The van der Waals surface area contributed by atoms with Crippen molar-refractivity contribution in [3.63, 3.8) is 0 Å². The quantitative estimate of drug-likeness (QED) is 0.657. The molecule has 0 aliphatic heterocycles. The van der Waals surface area contributed by atoms with Crippen LogP contribution in [0.1, 0.15) is 30.0 Å². The molecule has 0 radical (unpaired) electrons. The second kappa shape index (κ2) is 5.46. The molecular formula is C13H18N4S. The number of aryl methyl sites for hydroxylation is 2. The topological polar surface area (TPSA) is 63.8 Å². The molecule has 0 spiro atoms. The molecule has 3 N–H and O–H groups in total. The van der Waals surface area contributed by atoms with Crippen molar-refractivity contribution in [2.24, 2.45) is 5.84 Å². The highest BCUT2D eigenvalue weighted by atomic mass is 32.1. The molecular weight excluding hydrogens is 244 g/mol. The van der Waals surface area contributed by atoms with Gasteiger partial charge in [-0.3, -0.25) is 0 Å². The van der Waals surface area contributed by atoms with Crippen LogP contribution in [0.2, 0.25) is 0 Å². The minimum absolute atomic E-state index is 0.711. The van der Waals surface area contributed by atoms with Gasteiger partial charge in [-0.2, -0.15) is 0 Å². The number of nitrogens with two attached hydrogens (primary N) is 1. The minimum Gasteiger partial charge on any atom is -0.308 e. The van der Waals surface area contributed by atoms with Crippen molar-refractivity contribution < 1.29 is 0 Å². The third-order valence-electron chi connectivity index (χ3n) is 2.95. The minimum atomic E-state index is 0.711. The Labute approximate surface area is 111 Å². The molecule has 2 heterocycles. The summed E-state index contributed by atoms with van der Waals surface area (Å²) < 4.78 is 0. The van der Waals surface area contributed by atoms with E-state index in [0.717, 1.165) is 34.8 Å². The largest absolute Gasteiger partial charge is 0.308 e. The number of nitrogens with one attached hydrogen (secondary N) is 1. The van der Waals surface area contributed by atoms with Gasteiger partial charge in [0.2, 0.25) is 0 Å². The fourth-order valence-corrected chi connectivity index (χ4v) is 2.73. The van der Waals surface area contributed by atoms with Gasteiger partial charge in [-0.25, -0.2) is 15.8 Å². The molecule has 0 saturated carbocycles. The van der Waals surface area contributed by atoms with Crippen LogP contribution in [0.4, 0.5) is 5.82 Å². The summed E-state index contributed by atoms with van der Waals surface area (Å²) in [5.74, 6) is 6.99. The predicted octanol–water partition coefficient (Wildman–Crippen LogP) is 2.92. The summed E-state index contributed by atoms with van der Waals surface area (Å²) in [6, 6.07) is 4.21. The van der Waals surface area contributed by atoms with Gasteiger partial charge in [0.1, 0.15) is 5.82 Å². The first-order chi connectivity index (χ1) is 8.69. The van der Waals surface area contributed by atoms with Crippen LogP contribution in [0.15, 0.2) is 12.1 Å². The molecule has 0 saturated heterocycles. The average Bonchev–Trinajstić information content (AvgIpc) is 2.88. The Balaban J connectivity index is 2.50. The van der Waals surface area contributed by atoms with Crippen LogP contribution < -0.4 is 11.3 Å². The number of thiophene rings is 1.